The quantitative estimate of drug-likeness (QED) is 0.678. The normalized spacial score (nSPS) is 36.4. The molecule has 0 aromatic rings. The summed E-state index contributed by atoms with van der Waals surface area (Å²) in [7, 11) is 0. The van der Waals surface area contributed by atoms with Crippen LogP contribution < -0.4 is 5.73 Å². The summed E-state index contributed by atoms with van der Waals surface area (Å²) in [5.41, 5.74) is 5.13. The van der Waals surface area contributed by atoms with Crippen molar-refractivity contribution in [2.24, 2.45) is 5.73 Å². The Morgan fingerprint density at radius 3 is 2.57 bits per heavy atom. The molecule has 0 aromatic heterocycles. The third kappa shape index (κ3) is 1.76. The molecule has 2 saturated heterocycles. The minimum atomic E-state index is -0.724. The molecule has 0 saturated carbocycles. The van der Waals surface area contributed by atoms with Crippen molar-refractivity contribution in [2.45, 2.75) is 37.4 Å². The van der Waals surface area contributed by atoms with E-state index in [9.17, 15) is 0 Å². The third-order valence-corrected chi connectivity index (χ3v) is 3.16. The van der Waals surface area contributed by atoms with E-state index in [1.54, 1.807) is 6.92 Å². The first kappa shape index (κ1) is 9.91. The fourth-order valence-electron chi connectivity index (χ4n) is 2.39. The van der Waals surface area contributed by atoms with E-state index < -0.39 is 5.54 Å². The van der Waals surface area contributed by atoms with E-state index in [1.807, 2.05) is 0 Å². The standard InChI is InChI=1S/C10H17N3O/c1-10(12,6-11)7-13-8-2-3-9(13)5-14-4-8/h8-9H,2-5,7,12H2,1H3. The Bertz CT molecular complexity index is 243. The second-order valence-electron chi connectivity index (χ2n) is 4.62. The number of fused-ring (bicyclic) bond motifs is 2. The van der Waals surface area contributed by atoms with Crippen molar-refractivity contribution in [1.82, 2.24) is 4.90 Å². The largest absolute Gasteiger partial charge is 0.378 e. The van der Waals surface area contributed by atoms with Crippen LogP contribution in [0.2, 0.25) is 0 Å². The minimum Gasteiger partial charge on any atom is -0.378 e. The lowest BCUT2D eigenvalue weighted by Crippen LogP contribution is -2.54. The topological polar surface area (TPSA) is 62.3 Å². The van der Waals surface area contributed by atoms with E-state index >= 15 is 0 Å². The summed E-state index contributed by atoms with van der Waals surface area (Å²) in [6, 6.07) is 3.13. The summed E-state index contributed by atoms with van der Waals surface area (Å²) >= 11 is 0. The number of nitrogens with two attached hydrogens (primary N) is 1. The van der Waals surface area contributed by atoms with Gasteiger partial charge in [-0.15, -0.1) is 0 Å². The van der Waals surface area contributed by atoms with Gasteiger partial charge in [0.05, 0.1) is 19.3 Å². The van der Waals surface area contributed by atoms with Crippen molar-refractivity contribution in [3.8, 4) is 6.07 Å². The minimum absolute atomic E-state index is 0.491. The molecule has 4 heteroatoms. The molecule has 3 unspecified atom stereocenters. The molecule has 2 rings (SSSR count). The Hall–Kier alpha value is -0.630. The van der Waals surface area contributed by atoms with Gasteiger partial charge in [0, 0.05) is 18.6 Å². The van der Waals surface area contributed by atoms with Gasteiger partial charge in [-0.25, -0.2) is 0 Å². The molecule has 0 aliphatic carbocycles. The summed E-state index contributed by atoms with van der Waals surface area (Å²) < 4.78 is 5.47. The molecular weight excluding hydrogens is 178 g/mol. The lowest BCUT2D eigenvalue weighted by molar-refractivity contribution is -0.0194. The number of ether oxygens (including phenoxy) is 1. The fraction of sp³-hybridized carbons (Fsp3) is 0.900. The Balaban J connectivity index is 2.02. The number of hydrogen-bond acceptors (Lipinski definition) is 4. The molecule has 2 aliphatic heterocycles. The Morgan fingerprint density at radius 1 is 1.50 bits per heavy atom. The first-order valence-electron chi connectivity index (χ1n) is 5.16. The third-order valence-electron chi connectivity index (χ3n) is 3.16. The van der Waals surface area contributed by atoms with Crippen LogP contribution in [0.3, 0.4) is 0 Å². The molecule has 78 valence electrons. The predicted molar refractivity (Wildman–Crippen MR) is 52.5 cm³/mol. The number of morpholine rings is 1. The van der Waals surface area contributed by atoms with Gasteiger partial charge in [-0.1, -0.05) is 0 Å². The molecule has 2 bridgehead atoms. The second kappa shape index (κ2) is 3.50. The maximum atomic E-state index is 8.88. The number of nitriles is 1. The van der Waals surface area contributed by atoms with Gasteiger partial charge in [0.1, 0.15) is 5.54 Å². The maximum Gasteiger partial charge on any atom is 0.114 e. The molecule has 0 aromatic carbocycles. The van der Waals surface area contributed by atoms with Crippen LogP contribution in [0.25, 0.3) is 0 Å². The number of rotatable bonds is 2. The molecule has 2 heterocycles. The van der Waals surface area contributed by atoms with Gasteiger partial charge in [0.2, 0.25) is 0 Å². The summed E-state index contributed by atoms with van der Waals surface area (Å²) in [5, 5.41) is 8.88. The highest BCUT2D eigenvalue weighted by molar-refractivity contribution is 5.06. The molecule has 14 heavy (non-hydrogen) atoms. The summed E-state index contributed by atoms with van der Waals surface area (Å²) in [6.45, 7) is 4.07. The average Bonchev–Trinajstić information content (AvgIpc) is 2.41. The van der Waals surface area contributed by atoms with Crippen LogP contribution in [0.4, 0.5) is 0 Å². The highest BCUT2D eigenvalue weighted by Crippen LogP contribution is 2.29. The van der Waals surface area contributed by atoms with Gasteiger partial charge in [-0.05, 0) is 19.8 Å². The van der Waals surface area contributed by atoms with Gasteiger partial charge < -0.3 is 10.5 Å². The van der Waals surface area contributed by atoms with Crippen molar-refractivity contribution in [3.05, 3.63) is 0 Å². The highest BCUT2D eigenvalue weighted by Gasteiger charge is 2.39. The molecule has 0 amide bonds. The van der Waals surface area contributed by atoms with Gasteiger partial charge in [-0.3, -0.25) is 4.90 Å². The Kier molecular flexibility index (Phi) is 2.48. The zero-order valence-electron chi connectivity index (χ0n) is 8.57. The molecule has 2 fully saturated rings. The van der Waals surface area contributed by atoms with E-state index in [4.69, 9.17) is 15.7 Å². The first-order valence-corrected chi connectivity index (χ1v) is 5.16. The summed E-state index contributed by atoms with van der Waals surface area (Å²) in [6.07, 6.45) is 2.37. The number of hydrogen-bond donors (Lipinski definition) is 1. The van der Waals surface area contributed by atoms with Gasteiger partial charge >= 0.3 is 0 Å². The second-order valence-corrected chi connectivity index (χ2v) is 4.62. The van der Waals surface area contributed by atoms with Gasteiger partial charge in [-0.2, -0.15) is 5.26 Å². The zero-order chi connectivity index (χ0) is 10.2. The Morgan fingerprint density at radius 2 is 2.07 bits per heavy atom. The molecule has 2 aliphatic rings. The van der Waals surface area contributed by atoms with Crippen LogP contribution >= 0.6 is 0 Å². The molecule has 2 N–H and O–H groups in total. The van der Waals surface area contributed by atoms with E-state index in [0.717, 1.165) is 13.2 Å². The Labute approximate surface area is 84.6 Å². The predicted octanol–water partition coefficient (Wildman–Crippen LogP) is 0.0906. The van der Waals surface area contributed by atoms with Crippen molar-refractivity contribution in [3.63, 3.8) is 0 Å². The average molecular weight is 195 g/mol. The van der Waals surface area contributed by atoms with Crippen molar-refractivity contribution in [2.75, 3.05) is 19.8 Å². The zero-order valence-corrected chi connectivity index (χ0v) is 8.57. The summed E-state index contributed by atoms with van der Waals surface area (Å²) in [5.74, 6) is 0. The fourth-order valence-corrected chi connectivity index (χ4v) is 2.39. The molecule has 0 radical (unpaired) electrons. The van der Waals surface area contributed by atoms with E-state index in [0.29, 0.717) is 18.6 Å². The monoisotopic (exact) mass is 195 g/mol. The first-order chi connectivity index (χ1) is 6.62. The smallest absolute Gasteiger partial charge is 0.114 e. The van der Waals surface area contributed by atoms with Crippen LogP contribution in [0.15, 0.2) is 0 Å². The molecule has 0 spiro atoms. The van der Waals surface area contributed by atoms with E-state index in [2.05, 4.69) is 11.0 Å². The maximum absolute atomic E-state index is 8.88. The van der Waals surface area contributed by atoms with Crippen LogP contribution in [-0.2, 0) is 4.74 Å². The van der Waals surface area contributed by atoms with Crippen LogP contribution in [0.5, 0.6) is 0 Å². The lowest BCUT2D eigenvalue weighted by atomic mass is 10.0. The SMILES string of the molecule is CC(N)(C#N)CN1C2CCC1COC2. The van der Waals surface area contributed by atoms with Crippen LogP contribution in [0.1, 0.15) is 19.8 Å². The van der Waals surface area contributed by atoms with Gasteiger partial charge in [0.25, 0.3) is 0 Å². The molecular formula is C10H17N3O. The lowest BCUT2D eigenvalue weighted by Gasteiger charge is -2.37. The number of nitrogens with zero attached hydrogens (tertiary/aromatic N) is 2. The van der Waals surface area contributed by atoms with Crippen molar-refractivity contribution >= 4 is 0 Å². The van der Waals surface area contributed by atoms with E-state index in [-0.39, 0.29) is 0 Å². The van der Waals surface area contributed by atoms with Crippen LogP contribution in [0, 0.1) is 11.3 Å². The molecule has 3 atom stereocenters. The van der Waals surface area contributed by atoms with Crippen molar-refractivity contribution < 1.29 is 4.74 Å². The van der Waals surface area contributed by atoms with Crippen LogP contribution in [-0.4, -0.2) is 42.3 Å². The molecule has 4 nitrogen and oxygen atoms in total. The summed E-state index contributed by atoms with van der Waals surface area (Å²) in [4.78, 5) is 2.35. The van der Waals surface area contributed by atoms with E-state index in [1.165, 1.54) is 12.8 Å². The highest BCUT2D eigenvalue weighted by atomic mass is 16.5. The van der Waals surface area contributed by atoms with Gasteiger partial charge in [0.15, 0.2) is 0 Å². The van der Waals surface area contributed by atoms with Crippen molar-refractivity contribution in [1.29, 1.82) is 5.26 Å².